The third-order valence-electron chi connectivity index (χ3n) is 2.45. The van der Waals surface area contributed by atoms with Crippen LogP contribution in [0.25, 0.3) is 0 Å². The fraction of sp³-hybridized carbons (Fsp3) is 0.250. The molecule has 9 nitrogen and oxygen atoms in total. The monoisotopic (exact) mass is 291 g/mol. The van der Waals surface area contributed by atoms with Crippen molar-refractivity contribution in [3.63, 3.8) is 0 Å². The van der Waals surface area contributed by atoms with Gasteiger partial charge in [-0.25, -0.2) is 4.79 Å². The van der Waals surface area contributed by atoms with Crippen LogP contribution in [-0.4, -0.2) is 43.8 Å². The molecule has 9 heteroatoms. The normalized spacial score (nSPS) is 10.1. The van der Waals surface area contributed by atoms with E-state index in [0.717, 1.165) is 4.80 Å². The maximum atomic E-state index is 11.7. The van der Waals surface area contributed by atoms with Crippen molar-refractivity contribution in [1.82, 2.24) is 20.2 Å². The van der Waals surface area contributed by atoms with Gasteiger partial charge in [0.1, 0.15) is 17.9 Å². The van der Waals surface area contributed by atoms with Crippen molar-refractivity contribution in [2.24, 2.45) is 0 Å². The molecule has 0 unspecified atom stereocenters. The molecule has 0 fully saturated rings. The maximum absolute atomic E-state index is 11.7. The van der Waals surface area contributed by atoms with Crippen molar-refractivity contribution in [3.8, 4) is 5.75 Å². The minimum absolute atomic E-state index is 0.0350. The third-order valence-corrected chi connectivity index (χ3v) is 2.45. The molecule has 0 atom stereocenters. The summed E-state index contributed by atoms with van der Waals surface area (Å²) in [5.74, 6) is -1.29. The highest BCUT2D eigenvalue weighted by Crippen LogP contribution is 2.22. The van der Waals surface area contributed by atoms with Crippen molar-refractivity contribution in [2.45, 2.75) is 13.5 Å². The fourth-order valence-corrected chi connectivity index (χ4v) is 1.58. The molecule has 0 spiro atoms. The van der Waals surface area contributed by atoms with Gasteiger partial charge in [0, 0.05) is 11.8 Å². The Morgan fingerprint density at radius 2 is 2.24 bits per heavy atom. The fourth-order valence-electron chi connectivity index (χ4n) is 1.58. The summed E-state index contributed by atoms with van der Waals surface area (Å²) in [6, 6.07) is 4.12. The van der Waals surface area contributed by atoms with Crippen molar-refractivity contribution < 1.29 is 19.4 Å². The van der Waals surface area contributed by atoms with Gasteiger partial charge in [-0.1, -0.05) is 0 Å². The molecule has 2 N–H and O–H groups in total. The van der Waals surface area contributed by atoms with Crippen LogP contribution in [0, 0.1) is 0 Å². The first-order chi connectivity index (χ1) is 10.1. The Morgan fingerprint density at radius 1 is 1.43 bits per heavy atom. The van der Waals surface area contributed by atoms with Crippen LogP contribution in [0.3, 0.4) is 0 Å². The predicted octanol–water partition coefficient (Wildman–Crippen LogP) is 0.194. The summed E-state index contributed by atoms with van der Waals surface area (Å²) in [6.07, 6.45) is 1.22. The van der Waals surface area contributed by atoms with E-state index in [2.05, 4.69) is 20.7 Å². The van der Waals surface area contributed by atoms with Crippen molar-refractivity contribution in [2.75, 3.05) is 11.9 Å². The van der Waals surface area contributed by atoms with Crippen molar-refractivity contribution in [1.29, 1.82) is 0 Å². The number of aromatic nitrogens is 4. The molecule has 0 saturated carbocycles. The smallest absolute Gasteiger partial charge is 0.341 e. The number of carbonyl (C=O) groups excluding carboxylic acids is 2. The first kappa shape index (κ1) is 14.4. The number of hydrogen-bond donors (Lipinski definition) is 2. The Labute approximate surface area is 119 Å². The summed E-state index contributed by atoms with van der Waals surface area (Å²) in [5.41, 5.74) is 0.374. The van der Waals surface area contributed by atoms with Crippen LogP contribution in [0.4, 0.5) is 5.69 Å². The molecule has 1 aromatic heterocycles. The van der Waals surface area contributed by atoms with E-state index in [1.165, 1.54) is 24.5 Å². The van der Waals surface area contributed by atoms with E-state index < -0.39 is 11.9 Å². The second kappa shape index (κ2) is 6.46. The number of amides is 1. The maximum Gasteiger partial charge on any atom is 0.341 e. The van der Waals surface area contributed by atoms with Crippen LogP contribution in [0.15, 0.2) is 24.5 Å². The van der Waals surface area contributed by atoms with E-state index in [1.807, 2.05) is 0 Å². The quantitative estimate of drug-likeness (QED) is 0.755. The lowest BCUT2D eigenvalue weighted by molar-refractivity contribution is -0.117. The number of ether oxygens (including phenoxy) is 1. The molecule has 2 rings (SSSR count). The van der Waals surface area contributed by atoms with E-state index >= 15 is 0 Å². The predicted molar refractivity (Wildman–Crippen MR) is 70.5 cm³/mol. The van der Waals surface area contributed by atoms with Gasteiger partial charge in [0.25, 0.3) is 0 Å². The zero-order valence-corrected chi connectivity index (χ0v) is 11.2. The number of phenolic OH excluding ortho intramolecular Hbond substituents is 1. The molecule has 2 aromatic rings. The minimum atomic E-state index is -0.625. The molecular formula is C12H13N5O4. The first-order valence-corrected chi connectivity index (χ1v) is 6.11. The standard InChI is InChI=1S/C12H13N5O4/c1-2-21-12(20)9-4-3-8(5-10(9)18)15-11(19)6-17-14-7-13-16-17/h3-5,7,18H,2,6H2,1H3,(H,15,19). The summed E-state index contributed by atoms with van der Waals surface area (Å²) in [7, 11) is 0. The number of hydrogen-bond acceptors (Lipinski definition) is 7. The Balaban J connectivity index is 2.03. The summed E-state index contributed by atoms with van der Waals surface area (Å²) in [5, 5.41) is 23.0. The molecule has 0 aliphatic rings. The molecule has 1 aromatic carbocycles. The van der Waals surface area contributed by atoms with Gasteiger partial charge in [0.2, 0.25) is 5.91 Å². The number of carbonyl (C=O) groups is 2. The molecule has 0 aliphatic heterocycles. The molecule has 110 valence electrons. The lowest BCUT2D eigenvalue weighted by Gasteiger charge is -2.08. The van der Waals surface area contributed by atoms with Crippen LogP contribution in [0.2, 0.25) is 0 Å². The van der Waals surface area contributed by atoms with E-state index in [0.29, 0.717) is 5.69 Å². The number of rotatable bonds is 5. The van der Waals surface area contributed by atoms with Crippen LogP contribution in [0.5, 0.6) is 5.75 Å². The summed E-state index contributed by atoms with van der Waals surface area (Å²) in [4.78, 5) is 24.3. The number of anilines is 1. The van der Waals surface area contributed by atoms with E-state index in [4.69, 9.17) is 4.74 Å². The van der Waals surface area contributed by atoms with Gasteiger partial charge >= 0.3 is 5.97 Å². The van der Waals surface area contributed by atoms with Gasteiger partial charge in [-0.15, -0.1) is 10.2 Å². The molecule has 21 heavy (non-hydrogen) atoms. The highest BCUT2D eigenvalue weighted by Gasteiger charge is 2.13. The number of phenols is 1. The van der Waals surface area contributed by atoms with Gasteiger partial charge in [0.05, 0.1) is 6.61 Å². The number of aromatic hydroxyl groups is 1. The number of nitrogens with one attached hydrogen (secondary N) is 1. The van der Waals surface area contributed by atoms with Crippen LogP contribution >= 0.6 is 0 Å². The van der Waals surface area contributed by atoms with Crippen LogP contribution in [-0.2, 0) is 16.1 Å². The topological polar surface area (TPSA) is 119 Å². The zero-order chi connectivity index (χ0) is 15.2. The Hall–Kier alpha value is -2.97. The number of tetrazole rings is 1. The van der Waals surface area contributed by atoms with Crippen molar-refractivity contribution in [3.05, 3.63) is 30.1 Å². The number of nitrogens with zero attached hydrogens (tertiary/aromatic N) is 4. The van der Waals surface area contributed by atoms with Gasteiger partial charge < -0.3 is 15.2 Å². The average Bonchev–Trinajstić information content (AvgIpc) is 2.91. The zero-order valence-electron chi connectivity index (χ0n) is 11.2. The number of esters is 1. The Bertz CT molecular complexity index is 641. The molecule has 0 aliphatic carbocycles. The van der Waals surface area contributed by atoms with Gasteiger partial charge in [-0.05, 0) is 24.3 Å². The Morgan fingerprint density at radius 3 is 2.86 bits per heavy atom. The molecule has 0 radical (unpaired) electrons. The summed E-state index contributed by atoms with van der Waals surface area (Å²) in [6.45, 7) is 1.77. The van der Waals surface area contributed by atoms with E-state index in [9.17, 15) is 14.7 Å². The molecule has 0 saturated heterocycles. The minimum Gasteiger partial charge on any atom is -0.507 e. The molecule has 0 bridgehead atoms. The third kappa shape index (κ3) is 3.75. The van der Waals surface area contributed by atoms with Crippen LogP contribution < -0.4 is 5.32 Å². The first-order valence-electron chi connectivity index (χ1n) is 6.11. The highest BCUT2D eigenvalue weighted by atomic mass is 16.5. The van der Waals surface area contributed by atoms with Crippen LogP contribution in [0.1, 0.15) is 17.3 Å². The largest absolute Gasteiger partial charge is 0.507 e. The van der Waals surface area contributed by atoms with Crippen molar-refractivity contribution >= 4 is 17.6 Å². The average molecular weight is 291 g/mol. The van der Waals surface area contributed by atoms with E-state index in [-0.39, 0.29) is 24.5 Å². The molecule has 1 heterocycles. The SMILES string of the molecule is CCOC(=O)c1ccc(NC(=O)Cn2ncnn2)cc1O. The summed E-state index contributed by atoms with van der Waals surface area (Å²) < 4.78 is 4.79. The number of benzene rings is 1. The lowest BCUT2D eigenvalue weighted by Crippen LogP contribution is -2.20. The lowest BCUT2D eigenvalue weighted by atomic mass is 10.2. The van der Waals surface area contributed by atoms with Gasteiger partial charge in [-0.3, -0.25) is 4.79 Å². The highest BCUT2D eigenvalue weighted by molar-refractivity contribution is 5.95. The van der Waals surface area contributed by atoms with Gasteiger partial charge in [-0.2, -0.15) is 4.80 Å². The second-order valence-corrected chi connectivity index (χ2v) is 3.97. The van der Waals surface area contributed by atoms with Gasteiger partial charge in [0.15, 0.2) is 6.33 Å². The molecule has 1 amide bonds. The Kier molecular flexibility index (Phi) is 4.44. The van der Waals surface area contributed by atoms with E-state index in [1.54, 1.807) is 6.92 Å². The summed E-state index contributed by atoms with van der Waals surface area (Å²) >= 11 is 0. The molecular weight excluding hydrogens is 278 g/mol. The second-order valence-electron chi connectivity index (χ2n) is 3.97.